The van der Waals surface area contributed by atoms with Crippen LogP contribution in [0.5, 0.6) is 0 Å². The highest BCUT2D eigenvalue weighted by Crippen LogP contribution is 2.20. The summed E-state index contributed by atoms with van der Waals surface area (Å²) in [6.45, 7) is 0. The molecule has 1 aromatic heterocycles. The van der Waals surface area contributed by atoms with E-state index in [1.54, 1.807) is 0 Å². The Morgan fingerprint density at radius 3 is 2.70 bits per heavy atom. The molecular weight excluding hydrogens is 289 g/mol. The zero-order chi connectivity index (χ0) is 14.7. The summed E-state index contributed by atoms with van der Waals surface area (Å²) in [7, 11) is 0. The molecule has 2 aromatic rings. The smallest absolute Gasteiger partial charge is 0.337 e. The number of nitrogens with one attached hydrogen (secondary N) is 1. The van der Waals surface area contributed by atoms with Crippen LogP contribution in [0.2, 0.25) is 5.15 Å². The van der Waals surface area contributed by atoms with Crippen molar-refractivity contribution in [3.8, 4) is 0 Å². The Morgan fingerprint density at radius 2 is 2.05 bits per heavy atom. The molecule has 0 aliphatic heterocycles. The predicted molar refractivity (Wildman–Crippen MR) is 68.4 cm³/mol. The first-order valence-corrected chi connectivity index (χ1v) is 5.67. The Hall–Kier alpha value is -2.54. The average Bonchev–Trinajstić information content (AvgIpc) is 2.40. The van der Waals surface area contributed by atoms with E-state index in [4.69, 9.17) is 16.7 Å². The van der Waals surface area contributed by atoms with Crippen molar-refractivity contribution in [2.75, 3.05) is 5.32 Å². The molecule has 0 fully saturated rings. The fourth-order valence-corrected chi connectivity index (χ4v) is 1.61. The molecule has 0 unspecified atom stereocenters. The van der Waals surface area contributed by atoms with Crippen molar-refractivity contribution in [3.05, 3.63) is 52.8 Å². The second-order valence-electron chi connectivity index (χ2n) is 3.65. The van der Waals surface area contributed by atoms with E-state index in [0.29, 0.717) is 0 Å². The van der Waals surface area contributed by atoms with Gasteiger partial charge in [-0.2, -0.15) is 0 Å². The van der Waals surface area contributed by atoms with Gasteiger partial charge in [0.05, 0.1) is 23.6 Å². The minimum absolute atomic E-state index is 0.00959. The highest BCUT2D eigenvalue weighted by atomic mass is 35.5. The molecule has 1 amide bonds. The van der Waals surface area contributed by atoms with Crippen LogP contribution in [0.15, 0.2) is 30.6 Å². The van der Waals surface area contributed by atoms with E-state index >= 15 is 0 Å². The SMILES string of the molecule is O=C(Nc1c(F)cccc1C(=O)O)c1cncc(Cl)n1. The molecule has 0 aliphatic rings. The van der Waals surface area contributed by atoms with Gasteiger partial charge in [0.2, 0.25) is 0 Å². The third-order valence-corrected chi connectivity index (χ3v) is 2.50. The number of carboxylic acid groups (broad SMARTS) is 1. The first kappa shape index (κ1) is 13.9. The number of carbonyl (C=O) groups excluding carboxylic acids is 1. The summed E-state index contributed by atoms with van der Waals surface area (Å²) in [5.41, 5.74) is -0.961. The van der Waals surface area contributed by atoms with Crippen LogP contribution in [0.3, 0.4) is 0 Å². The van der Waals surface area contributed by atoms with Crippen molar-refractivity contribution in [1.82, 2.24) is 9.97 Å². The number of hydrogen-bond donors (Lipinski definition) is 2. The number of amides is 1. The Labute approximate surface area is 117 Å². The van der Waals surface area contributed by atoms with Crippen LogP contribution >= 0.6 is 11.6 Å². The number of benzene rings is 1. The molecule has 0 spiro atoms. The van der Waals surface area contributed by atoms with E-state index < -0.39 is 23.4 Å². The lowest BCUT2D eigenvalue weighted by Gasteiger charge is -2.08. The summed E-state index contributed by atoms with van der Waals surface area (Å²) in [4.78, 5) is 30.2. The van der Waals surface area contributed by atoms with Gasteiger partial charge >= 0.3 is 5.97 Å². The normalized spacial score (nSPS) is 10.1. The second kappa shape index (κ2) is 5.62. The first-order chi connectivity index (χ1) is 9.49. The van der Waals surface area contributed by atoms with E-state index in [-0.39, 0.29) is 16.4 Å². The van der Waals surface area contributed by atoms with Gasteiger partial charge in [-0.1, -0.05) is 17.7 Å². The fourth-order valence-electron chi connectivity index (χ4n) is 1.46. The number of anilines is 1. The number of aromatic nitrogens is 2. The fraction of sp³-hybridized carbons (Fsp3) is 0. The van der Waals surface area contributed by atoms with Crippen molar-refractivity contribution in [1.29, 1.82) is 0 Å². The molecular formula is C12H7ClFN3O3. The van der Waals surface area contributed by atoms with Crippen LogP contribution in [0.25, 0.3) is 0 Å². The molecule has 2 rings (SSSR count). The third kappa shape index (κ3) is 2.89. The van der Waals surface area contributed by atoms with E-state index in [1.807, 2.05) is 0 Å². The largest absolute Gasteiger partial charge is 0.478 e. The van der Waals surface area contributed by atoms with Gasteiger partial charge in [0.1, 0.15) is 16.7 Å². The number of carboxylic acids is 1. The van der Waals surface area contributed by atoms with Crippen molar-refractivity contribution < 1.29 is 19.1 Å². The predicted octanol–water partition coefficient (Wildman–Crippen LogP) is 2.22. The van der Waals surface area contributed by atoms with Gasteiger partial charge in [-0.25, -0.2) is 14.2 Å². The number of halogens is 2. The highest BCUT2D eigenvalue weighted by molar-refractivity contribution is 6.29. The zero-order valence-corrected chi connectivity index (χ0v) is 10.6. The van der Waals surface area contributed by atoms with Gasteiger partial charge < -0.3 is 10.4 Å². The molecule has 0 bridgehead atoms. The maximum absolute atomic E-state index is 13.6. The topological polar surface area (TPSA) is 92.2 Å². The van der Waals surface area contributed by atoms with Crippen LogP contribution in [0.1, 0.15) is 20.8 Å². The van der Waals surface area contributed by atoms with Crippen molar-refractivity contribution >= 4 is 29.2 Å². The molecule has 6 nitrogen and oxygen atoms in total. The Balaban J connectivity index is 2.35. The minimum Gasteiger partial charge on any atom is -0.478 e. The number of para-hydroxylation sites is 1. The summed E-state index contributed by atoms with van der Waals surface area (Å²) in [5, 5.41) is 11.1. The van der Waals surface area contributed by atoms with Crippen LogP contribution in [-0.2, 0) is 0 Å². The zero-order valence-electron chi connectivity index (χ0n) is 9.80. The molecule has 20 heavy (non-hydrogen) atoms. The quantitative estimate of drug-likeness (QED) is 0.906. The lowest BCUT2D eigenvalue weighted by molar-refractivity contribution is 0.0697. The molecule has 8 heteroatoms. The lowest BCUT2D eigenvalue weighted by atomic mass is 10.1. The van der Waals surface area contributed by atoms with Gasteiger partial charge in [-0.3, -0.25) is 9.78 Å². The Morgan fingerprint density at radius 1 is 1.30 bits per heavy atom. The monoisotopic (exact) mass is 295 g/mol. The molecule has 0 saturated carbocycles. The summed E-state index contributed by atoms with van der Waals surface area (Å²) in [6.07, 6.45) is 2.35. The average molecular weight is 296 g/mol. The maximum Gasteiger partial charge on any atom is 0.337 e. The van der Waals surface area contributed by atoms with Crippen LogP contribution in [0, 0.1) is 5.82 Å². The molecule has 0 radical (unpaired) electrons. The first-order valence-electron chi connectivity index (χ1n) is 5.29. The lowest BCUT2D eigenvalue weighted by Crippen LogP contribution is -2.17. The number of rotatable bonds is 3. The van der Waals surface area contributed by atoms with E-state index in [1.165, 1.54) is 18.3 Å². The van der Waals surface area contributed by atoms with E-state index in [2.05, 4.69) is 15.3 Å². The Kier molecular flexibility index (Phi) is 3.90. The molecule has 0 atom stereocenters. The number of carbonyl (C=O) groups is 2. The van der Waals surface area contributed by atoms with Gasteiger partial charge in [-0.05, 0) is 12.1 Å². The second-order valence-corrected chi connectivity index (χ2v) is 4.04. The highest BCUT2D eigenvalue weighted by Gasteiger charge is 2.18. The summed E-state index contributed by atoms with van der Waals surface area (Å²) in [6, 6.07) is 3.43. The summed E-state index contributed by atoms with van der Waals surface area (Å²) >= 11 is 5.58. The maximum atomic E-state index is 13.6. The number of hydrogen-bond acceptors (Lipinski definition) is 4. The van der Waals surface area contributed by atoms with Gasteiger partial charge in [0, 0.05) is 0 Å². The summed E-state index contributed by atoms with van der Waals surface area (Å²) in [5.74, 6) is -3.04. The molecule has 2 N–H and O–H groups in total. The van der Waals surface area contributed by atoms with Gasteiger partial charge in [0.15, 0.2) is 0 Å². The molecule has 1 heterocycles. The molecule has 0 saturated heterocycles. The van der Waals surface area contributed by atoms with Crippen molar-refractivity contribution in [3.63, 3.8) is 0 Å². The van der Waals surface area contributed by atoms with Crippen LogP contribution < -0.4 is 5.32 Å². The third-order valence-electron chi connectivity index (χ3n) is 2.32. The minimum atomic E-state index is -1.36. The van der Waals surface area contributed by atoms with E-state index in [0.717, 1.165) is 12.3 Å². The van der Waals surface area contributed by atoms with Gasteiger partial charge in [0.25, 0.3) is 5.91 Å². The molecule has 0 aliphatic carbocycles. The molecule has 1 aromatic carbocycles. The standard InChI is InChI=1S/C12H7ClFN3O3/c13-9-5-15-4-8(16-9)11(18)17-10-6(12(19)20)2-1-3-7(10)14/h1-5H,(H,17,18)(H,19,20). The molecule has 102 valence electrons. The van der Waals surface area contributed by atoms with Crippen LogP contribution in [0.4, 0.5) is 10.1 Å². The van der Waals surface area contributed by atoms with Crippen LogP contribution in [-0.4, -0.2) is 27.0 Å². The number of aromatic carboxylic acids is 1. The summed E-state index contributed by atoms with van der Waals surface area (Å²) < 4.78 is 13.6. The van der Waals surface area contributed by atoms with Gasteiger partial charge in [-0.15, -0.1) is 0 Å². The van der Waals surface area contributed by atoms with Crippen molar-refractivity contribution in [2.24, 2.45) is 0 Å². The number of nitrogens with zero attached hydrogens (tertiary/aromatic N) is 2. The van der Waals surface area contributed by atoms with Crippen molar-refractivity contribution in [2.45, 2.75) is 0 Å². The Bertz CT molecular complexity index is 693. The van der Waals surface area contributed by atoms with E-state index in [9.17, 15) is 14.0 Å².